The van der Waals surface area contributed by atoms with Gasteiger partial charge in [-0.15, -0.1) is 0 Å². The molecule has 0 unspecified atom stereocenters. The summed E-state index contributed by atoms with van der Waals surface area (Å²) >= 11 is 7.93. The van der Waals surface area contributed by atoms with Crippen molar-refractivity contribution in [3.05, 3.63) is 74.0 Å². The summed E-state index contributed by atoms with van der Waals surface area (Å²) in [5.41, 5.74) is 4.08. The number of H-pyrrole nitrogens is 1. The van der Waals surface area contributed by atoms with Crippen LogP contribution < -0.4 is 10.9 Å². The number of amides is 1. The molecule has 0 fully saturated rings. The van der Waals surface area contributed by atoms with Gasteiger partial charge in [0, 0.05) is 5.69 Å². The molecule has 9 heteroatoms. The van der Waals surface area contributed by atoms with Crippen LogP contribution in [0.3, 0.4) is 0 Å². The lowest BCUT2D eigenvalue weighted by Crippen LogP contribution is -2.15. The number of carbonyl (C=O) groups is 1. The van der Waals surface area contributed by atoms with Crippen LogP contribution in [0, 0.1) is 10.9 Å². The van der Waals surface area contributed by atoms with Gasteiger partial charge in [-0.3, -0.25) is 14.2 Å². The lowest BCUT2D eigenvalue weighted by Gasteiger charge is -2.09. The van der Waals surface area contributed by atoms with Crippen molar-refractivity contribution in [2.24, 2.45) is 0 Å². The topological polar surface area (TPSA) is 79.8 Å². The van der Waals surface area contributed by atoms with Crippen LogP contribution in [0.4, 0.5) is 5.69 Å². The zero-order valence-corrected chi connectivity index (χ0v) is 19.4. The van der Waals surface area contributed by atoms with E-state index in [1.165, 1.54) is 23.1 Å². The lowest BCUT2D eigenvalue weighted by molar-refractivity contribution is -0.113. The molecule has 0 aliphatic rings. The fraction of sp³-hybridized carbons (Fsp3) is 0.182. The highest BCUT2D eigenvalue weighted by Gasteiger charge is 2.15. The number of rotatable bonds is 6. The Hall–Kier alpha value is -2.75. The zero-order chi connectivity index (χ0) is 22.0. The second-order valence-corrected chi connectivity index (χ2v) is 9.51. The minimum atomic E-state index is -0.257. The van der Waals surface area contributed by atoms with Gasteiger partial charge >= 0.3 is 0 Å². The molecule has 1 amide bonds. The third-order valence-corrected chi connectivity index (χ3v) is 6.97. The van der Waals surface area contributed by atoms with E-state index in [4.69, 9.17) is 12.2 Å². The molecule has 6 nitrogen and oxygen atoms in total. The number of anilines is 1. The first kappa shape index (κ1) is 21.5. The van der Waals surface area contributed by atoms with Crippen LogP contribution in [-0.4, -0.2) is 26.2 Å². The number of aromatic nitrogens is 3. The Kier molecular flexibility index (Phi) is 6.35. The molecule has 0 saturated heterocycles. The van der Waals surface area contributed by atoms with Gasteiger partial charge in [0.25, 0.3) is 5.56 Å². The fourth-order valence-corrected chi connectivity index (χ4v) is 5.10. The summed E-state index contributed by atoms with van der Waals surface area (Å²) in [4.78, 5) is 32.4. The molecule has 158 valence electrons. The van der Waals surface area contributed by atoms with Gasteiger partial charge in [0.1, 0.15) is 4.70 Å². The Morgan fingerprint density at radius 2 is 2.06 bits per heavy atom. The van der Waals surface area contributed by atoms with E-state index in [-0.39, 0.29) is 17.2 Å². The van der Waals surface area contributed by atoms with E-state index < -0.39 is 0 Å². The Labute approximate surface area is 192 Å². The summed E-state index contributed by atoms with van der Waals surface area (Å²) in [7, 11) is 0. The monoisotopic (exact) mass is 468 g/mol. The average molecular weight is 469 g/mol. The summed E-state index contributed by atoms with van der Waals surface area (Å²) in [6.45, 7) is 4.05. The average Bonchev–Trinajstić information content (AvgIpc) is 3.09. The van der Waals surface area contributed by atoms with E-state index in [0.29, 0.717) is 19.5 Å². The molecule has 2 heterocycles. The Morgan fingerprint density at radius 3 is 2.84 bits per heavy atom. The summed E-state index contributed by atoms with van der Waals surface area (Å²) in [6.07, 6.45) is 0.899. The molecule has 2 aromatic heterocycles. The van der Waals surface area contributed by atoms with Gasteiger partial charge in [-0.2, -0.15) is 0 Å². The number of thiazole rings is 1. The van der Waals surface area contributed by atoms with Crippen molar-refractivity contribution in [1.82, 2.24) is 14.5 Å². The van der Waals surface area contributed by atoms with Crippen LogP contribution in [0.15, 0.2) is 58.5 Å². The van der Waals surface area contributed by atoms with Crippen molar-refractivity contribution < 1.29 is 4.79 Å². The van der Waals surface area contributed by atoms with Crippen LogP contribution in [0.1, 0.15) is 18.1 Å². The third-order valence-electron chi connectivity index (χ3n) is 4.74. The summed E-state index contributed by atoms with van der Waals surface area (Å²) in [5, 5.41) is 3.27. The van der Waals surface area contributed by atoms with Crippen molar-refractivity contribution in [2.75, 3.05) is 11.1 Å². The van der Waals surface area contributed by atoms with Gasteiger partial charge in [0.15, 0.2) is 14.8 Å². The minimum Gasteiger partial charge on any atom is -0.325 e. The maximum atomic E-state index is 12.6. The highest BCUT2D eigenvalue weighted by Crippen LogP contribution is 2.26. The number of benzene rings is 2. The molecule has 0 aliphatic heterocycles. The predicted octanol–water partition coefficient (Wildman–Crippen LogP) is 5.11. The van der Waals surface area contributed by atoms with Gasteiger partial charge < -0.3 is 10.3 Å². The number of para-hydroxylation sites is 1. The maximum Gasteiger partial charge on any atom is 0.271 e. The van der Waals surface area contributed by atoms with Gasteiger partial charge in [-0.1, -0.05) is 60.4 Å². The molecule has 0 atom stereocenters. The Morgan fingerprint density at radius 1 is 1.26 bits per heavy atom. The van der Waals surface area contributed by atoms with Crippen molar-refractivity contribution in [3.8, 4) is 5.69 Å². The Bertz CT molecular complexity index is 1390. The number of nitrogens with one attached hydrogen (secondary N) is 2. The number of hydrogen-bond donors (Lipinski definition) is 2. The molecule has 4 aromatic rings. The van der Waals surface area contributed by atoms with Gasteiger partial charge in [-0.05, 0) is 54.9 Å². The molecule has 31 heavy (non-hydrogen) atoms. The predicted molar refractivity (Wildman–Crippen MR) is 130 cm³/mol. The molecule has 0 bridgehead atoms. The quantitative estimate of drug-likeness (QED) is 0.234. The third kappa shape index (κ3) is 4.63. The number of thioether (sulfide) groups is 1. The van der Waals surface area contributed by atoms with E-state index in [2.05, 4.69) is 22.2 Å². The van der Waals surface area contributed by atoms with E-state index in [9.17, 15) is 9.59 Å². The second kappa shape index (κ2) is 9.17. The largest absolute Gasteiger partial charge is 0.325 e. The molecule has 0 aliphatic carbocycles. The van der Waals surface area contributed by atoms with E-state index in [0.717, 1.165) is 28.9 Å². The molecular weight excluding hydrogens is 448 g/mol. The van der Waals surface area contributed by atoms with E-state index in [1.54, 1.807) is 0 Å². The van der Waals surface area contributed by atoms with Crippen molar-refractivity contribution in [2.45, 2.75) is 25.4 Å². The van der Waals surface area contributed by atoms with Gasteiger partial charge in [-0.25, -0.2) is 4.98 Å². The standard InChI is InChI=1S/C22H20N4O2S3/c1-3-14-8-6-9-15(11-14)23-17(27)12-30-21-24-19-18(20(28)25-21)31-22(29)26(19)16-10-5-4-7-13(16)2/h4-11H,3,12H2,1-2H3,(H,23,27)(H,24,25,28). The van der Waals surface area contributed by atoms with Crippen LogP contribution in [-0.2, 0) is 11.2 Å². The van der Waals surface area contributed by atoms with Crippen LogP contribution in [0.25, 0.3) is 16.0 Å². The first-order valence-electron chi connectivity index (χ1n) is 9.69. The molecule has 0 radical (unpaired) electrons. The number of aromatic amines is 1. The molecule has 0 saturated carbocycles. The molecule has 0 spiro atoms. The highest BCUT2D eigenvalue weighted by atomic mass is 32.2. The van der Waals surface area contributed by atoms with Gasteiger partial charge in [0.05, 0.1) is 11.4 Å². The van der Waals surface area contributed by atoms with Crippen molar-refractivity contribution in [1.29, 1.82) is 0 Å². The number of aryl methyl sites for hydroxylation is 2. The first-order valence-corrected chi connectivity index (χ1v) is 11.9. The second-order valence-electron chi connectivity index (χ2n) is 6.90. The number of carbonyl (C=O) groups excluding carboxylic acids is 1. The highest BCUT2D eigenvalue weighted by molar-refractivity contribution is 7.99. The molecule has 4 rings (SSSR count). The molecular formula is C22H20N4O2S3. The van der Waals surface area contributed by atoms with Crippen LogP contribution in [0.5, 0.6) is 0 Å². The minimum absolute atomic E-state index is 0.125. The number of nitrogens with zero attached hydrogens (tertiary/aromatic N) is 2. The summed E-state index contributed by atoms with van der Waals surface area (Å²) in [6, 6.07) is 15.6. The summed E-state index contributed by atoms with van der Waals surface area (Å²) < 4.78 is 2.84. The lowest BCUT2D eigenvalue weighted by atomic mass is 10.1. The maximum absolute atomic E-state index is 12.6. The zero-order valence-electron chi connectivity index (χ0n) is 17.0. The Balaban J connectivity index is 1.59. The fourth-order valence-electron chi connectivity index (χ4n) is 3.19. The number of hydrogen-bond acceptors (Lipinski definition) is 6. The van der Waals surface area contributed by atoms with Crippen molar-refractivity contribution >= 4 is 57.3 Å². The smallest absolute Gasteiger partial charge is 0.271 e. The van der Waals surface area contributed by atoms with Crippen LogP contribution in [0.2, 0.25) is 0 Å². The normalized spacial score (nSPS) is 11.0. The van der Waals surface area contributed by atoms with Gasteiger partial charge in [0.2, 0.25) is 5.91 Å². The van der Waals surface area contributed by atoms with E-state index >= 15 is 0 Å². The molecule has 2 N–H and O–H groups in total. The van der Waals surface area contributed by atoms with Crippen molar-refractivity contribution in [3.63, 3.8) is 0 Å². The van der Waals surface area contributed by atoms with Crippen LogP contribution >= 0.6 is 35.3 Å². The number of fused-ring (bicyclic) bond motifs is 1. The summed E-state index contributed by atoms with van der Waals surface area (Å²) in [5.74, 6) is -0.0397. The SMILES string of the molecule is CCc1cccc(NC(=O)CSc2nc3c(sc(=S)n3-c3ccccc3C)c(=O)[nH]2)c1. The van der Waals surface area contributed by atoms with E-state index in [1.807, 2.05) is 60.0 Å². The first-order chi connectivity index (χ1) is 15.0. The molecule has 2 aromatic carbocycles.